The van der Waals surface area contributed by atoms with Crippen LogP contribution in [0.4, 0.5) is 4.79 Å². The number of amides is 2. The number of methoxy groups -OCH3 is 2. The van der Waals surface area contributed by atoms with Crippen molar-refractivity contribution in [1.29, 1.82) is 0 Å². The van der Waals surface area contributed by atoms with Gasteiger partial charge in [-0.1, -0.05) is 6.07 Å². The topological polar surface area (TPSA) is 54.0 Å². The van der Waals surface area contributed by atoms with Gasteiger partial charge in [-0.25, -0.2) is 4.79 Å². The highest BCUT2D eigenvalue weighted by atomic mass is 16.5. The van der Waals surface area contributed by atoms with Gasteiger partial charge < -0.3 is 19.7 Å². The fraction of sp³-hybridized carbons (Fsp3) is 0.588. The van der Waals surface area contributed by atoms with Gasteiger partial charge in [0.1, 0.15) is 0 Å². The number of carbonyl (C=O) groups excluding carboxylic acids is 1. The monoisotopic (exact) mass is 319 g/mol. The number of urea groups is 1. The number of nitrogens with zero attached hydrogens (tertiary/aromatic N) is 2. The Morgan fingerprint density at radius 2 is 1.83 bits per heavy atom. The van der Waals surface area contributed by atoms with Crippen LogP contribution in [0.15, 0.2) is 18.2 Å². The molecule has 6 heteroatoms. The van der Waals surface area contributed by atoms with Crippen LogP contribution in [-0.2, 0) is 6.54 Å². The highest BCUT2D eigenvalue weighted by molar-refractivity contribution is 5.74. The van der Waals surface area contributed by atoms with E-state index in [-0.39, 0.29) is 6.03 Å². The zero-order valence-corrected chi connectivity index (χ0v) is 13.9. The van der Waals surface area contributed by atoms with Crippen LogP contribution in [0.25, 0.3) is 0 Å². The summed E-state index contributed by atoms with van der Waals surface area (Å²) in [4.78, 5) is 16.7. The zero-order valence-electron chi connectivity index (χ0n) is 13.9. The Morgan fingerprint density at radius 3 is 2.43 bits per heavy atom. The van der Waals surface area contributed by atoms with E-state index in [2.05, 4.69) is 10.2 Å². The molecule has 1 aliphatic heterocycles. The molecule has 1 saturated heterocycles. The molecule has 0 radical (unpaired) electrons. The Kier molecular flexibility index (Phi) is 4.91. The predicted octanol–water partition coefficient (Wildman–Crippen LogP) is 1.69. The van der Waals surface area contributed by atoms with Gasteiger partial charge in [0.15, 0.2) is 11.5 Å². The Hall–Kier alpha value is -1.95. The second-order valence-corrected chi connectivity index (χ2v) is 6.10. The number of carbonyl (C=O) groups is 1. The molecule has 3 rings (SSSR count). The number of benzene rings is 1. The highest BCUT2D eigenvalue weighted by Gasteiger charge is 2.32. The number of nitrogens with one attached hydrogen (secondary N) is 1. The molecule has 0 bridgehead atoms. The number of hydrogen-bond acceptors (Lipinski definition) is 4. The maximum absolute atomic E-state index is 12.3. The van der Waals surface area contributed by atoms with E-state index in [0.29, 0.717) is 18.0 Å². The summed E-state index contributed by atoms with van der Waals surface area (Å²) in [7, 11) is 3.22. The molecule has 0 spiro atoms. The molecule has 2 amide bonds. The summed E-state index contributed by atoms with van der Waals surface area (Å²) in [5, 5.41) is 2.99. The van der Waals surface area contributed by atoms with E-state index in [1.54, 1.807) is 14.2 Å². The molecule has 2 aliphatic rings. The summed E-state index contributed by atoms with van der Waals surface area (Å²) >= 11 is 0. The van der Waals surface area contributed by atoms with Crippen molar-refractivity contribution in [2.24, 2.45) is 0 Å². The fourth-order valence-electron chi connectivity index (χ4n) is 3.01. The Balaban J connectivity index is 1.49. The van der Waals surface area contributed by atoms with Crippen molar-refractivity contribution in [3.05, 3.63) is 23.8 Å². The van der Waals surface area contributed by atoms with Crippen molar-refractivity contribution < 1.29 is 14.3 Å². The molecule has 2 fully saturated rings. The third-order valence-corrected chi connectivity index (χ3v) is 4.56. The van der Waals surface area contributed by atoms with Gasteiger partial charge in [0.05, 0.1) is 14.2 Å². The standard InChI is InChI=1S/C17H25N3O3/c1-22-15-6-3-13(11-16(15)23-2)12-18-17(21)20-9-7-19(8-10-20)14-4-5-14/h3,6,11,14H,4-5,7-10,12H2,1-2H3,(H,18,21). The normalized spacial score (nSPS) is 18.6. The maximum atomic E-state index is 12.3. The van der Waals surface area contributed by atoms with Crippen molar-refractivity contribution in [1.82, 2.24) is 15.1 Å². The molecule has 1 aliphatic carbocycles. The smallest absolute Gasteiger partial charge is 0.317 e. The van der Waals surface area contributed by atoms with Crippen molar-refractivity contribution in [2.45, 2.75) is 25.4 Å². The van der Waals surface area contributed by atoms with Crippen molar-refractivity contribution in [3.8, 4) is 11.5 Å². The molecule has 0 atom stereocenters. The fourth-order valence-corrected chi connectivity index (χ4v) is 3.01. The largest absolute Gasteiger partial charge is 0.493 e. The molecule has 1 heterocycles. The van der Waals surface area contributed by atoms with Crippen molar-refractivity contribution in [3.63, 3.8) is 0 Å². The van der Waals surface area contributed by atoms with Gasteiger partial charge in [0.2, 0.25) is 0 Å². The second-order valence-electron chi connectivity index (χ2n) is 6.10. The lowest BCUT2D eigenvalue weighted by Gasteiger charge is -2.34. The molecule has 23 heavy (non-hydrogen) atoms. The number of rotatable bonds is 5. The van der Waals surface area contributed by atoms with Gasteiger partial charge >= 0.3 is 6.03 Å². The zero-order chi connectivity index (χ0) is 16.2. The average Bonchev–Trinajstić information content (AvgIpc) is 3.44. The molecule has 1 saturated carbocycles. The molecular formula is C17H25N3O3. The van der Waals surface area contributed by atoms with Gasteiger partial charge in [0.25, 0.3) is 0 Å². The summed E-state index contributed by atoms with van der Waals surface area (Å²) in [6.07, 6.45) is 2.65. The average molecular weight is 319 g/mol. The molecule has 0 aromatic heterocycles. The van der Waals surface area contributed by atoms with Crippen LogP contribution in [0.2, 0.25) is 0 Å². The van der Waals surface area contributed by atoms with E-state index in [4.69, 9.17) is 9.47 Å². The molecule has 1 aromatic carbocycles. The minimum Gasteiger partial charge on any atom is -0.493 e. The van der Waals surface area contributed by atoms with Crippen LogP contribution in [-0.4, -0.2) is 62.3 Å². The summed E-state index contributed by atoms with van der Waals surface area (Å²) in [6, 6.07) is 6.48. The van der Waals surface area contributed by atoms with E-state index < -0.39 is 0 Å². The first kappa shape index (κ1) is 15.9. The predicted molar refractivity (Wildman–Crippen MR) is 87.9 cm³/mol. The van der Waals surface area contributed by atoms with Gasteiger partial charge in [-0.2, -0.15) is 0 Å². The number of hydrogen-bond donors (Lipinski definition) is 1. The summed E-state index contributed by atoms with van der Waals surface area (Å²) < 4.78 is 10.5. The Bertz CT molecular complexity index is 552. The third-order valence-electron chi connectivity index (χ3n) is 4.56. The van der Waals surface area contributed by atoms with Crippen LogP contribution in [0.5, 0.6) is 11.5 Å². The van der Waals surface area contributed by atoms with Gasteiger partial charge in [-0.3, -0.25) is 4.90 Å². The van der Waals surface area contributed by atoms with Gasteiger partial charge in [-0.05, 0) is 30.5 Å². The first-order valence-electron chi connectivity index (χ1n) is 8.19. The summed E-state index contributed by atoms with van der Waals surface area (Å²) in [6.45, 7) is 4.10. The quantitative estimate of drug-likeness (QED) is 0.897. The lowest BCUT2D eigenvalue weighted by Crippen LogP contribution is -2.52. The lowest BCUT2D eigenvalue weighted by atomic mass is 10.2. The SMILES string of the molecule is COc1ccc(CNC(=O)N2CCN(C3CC3)CC2)cc1OC. The van der Waals surface area contributed by atoms with Crippen LogP contribution in [0.1, 0.15) is 18.4 Å². The Morgan fingerprint density at radius 1 is 1.13 bits per heavy atom. The van der Waals surface area contributed by atoms with E-state index in [9.17, 15) is 4.79 Å². The van der Waals surface area contributed by atoms with E-state index in [0.717, 1.165) is 37.8 Å². The highest BCUT2D eigenvalue weighted by Crippen LogP contribution is 2.28. The van der Waals surface area contributed by atoms with Crippen LogP contribution in [0, 0.1) is 0 Å². The number of ether oxygens (including phenoxy) is 2. The lowest BCUT2D eigenvalue weighted by molar-refractivity contribution is 0.134. The van der Waals surface area contributed by atoms with Gasteiger partial charge in [0, 0.05) is 38.8 Å². The van der Waals surface area contributed by atoms with Crippen LogP contribution < -0.4 is 14.8 Å². The Labute approximate surface area is 137 Å². The minimum atomic E-state index is 0.00947. The first-order chi connectivity index (χ1) is 11.2. The van der Waals surface area contributed by atoms with Crippen LogP contribution in [0.3, 0.4) is 0 Å². The molecular weight excluding hydrogens is 294 g/mol. The summed E-state index contributed by atoms with van der Waals surface area (Å²) in [5.74, 6) is 1.37. The molecule has 1 aromatic rings. The van der Waals surface area contributed by atoms with Gasteiger partial charge in [-0.15, -0.1) is 0 Å². The molecule has 6 nitrogen and oxygen atoms in total. The third kappa shape index (κ3) is 3.88. The first-order valence-corrected chi connectivity index (χ1v) is 8.19. The maximum Gasteiger partial charge on any atom is 0.317 e. The van der Waals surface area contributed by atoms with E-state index in [1.165, 1.54) is 12.8 Å². The molecule has 1 N–H and O–H groups in total. The molecule has 0 unspecified atom stereocenters. The summed E-state index contributed by atoms with van der Waals surface area (Å²) in [5.41, 5.74) is 0.993. The molecule has 126 valence electrons. The van der Waals surface area contributed by atoms with E-state index in [1.807, 2.05) is 23.1 Å². The number of piperazine rings is 1. The second kappa shape index (κ2) is 7.08. The van der Waals surface area contributed by atoms with Crippen molar-refractivity contribution >= 4 is 6.03 Å². The minimum absolute atomic E-state index is 0.00947. The van der Waals surface area contributed by atoms with Crippen molar-refractivity contribution in [2.75, 3.05) is 40.4 Å². The van der Waals surface area contributed by atoms with E-state index >= 15 is 0 Å². The van der Waals surface area contributed by atoms with Crippen LogP contribution >= 0.6 is 0 Å².